The summed E-state index contributed by atoms with van der Waals surface area (Å²) in [7, 11) is -0.649. The molecule has 0 unspecified atom stereocenters. The maximum Gasteiger partial charge on any atom is 0.348 e. The Kier molecular flexibility index (Phi) is 6.14. The minimum Gasteiger partial charge on any atom is -0.451 e. The summed E-state index contributed by atoms with van der Waals surface area (Å²) in [6.45, 7) is -0.435. The molecule has 32 heavy (non-hydrogen) atoms. The van der Waals surface area contributed by atoms with E-state index in [0.717, 1.165) is 33.2 Å². The third-order valence-electron chi connectivity index (χ3n) is 5.19. The molecule has 2 aromatic carbocycles. The van der Waals surface area contributed by atoms with Crippen LogP contribution in [0.4, 0.5) is 5.69 Å². The summed E-state index contributed by atoms with van der Waals surface area (Å²) >= 11 is 1.38. The molecule has 1 aliphatic rings. The molecule has 4 rings (SSSR count). The van der Waals surface area contributed by atoms with Crippen molar-refractivity contribution in [3.05, 3.63) is 70.6 Å². The Morgan fingerprint density at radius 3 is 2.44 bits per heavy atom. The Morgan fingerprint density at radius 1 is 1.03 bits per heavy atom. The van der Waals surface area contributed by atoms with Gasteiger partial charge < -0.3 is 10.1 Å². The molecule has 1 aromatic heterocycles. The molecule has 0 atom stereocenters. The molecule has 3 aromatic rings. The number of nitrogens with zero attached hydrogens (tertiary/aromatic N) is 1. The summed E-state index contributed by atoms with van der Waals surface area (Å²) < 4.78 is 30.5. The first-order valence-electron chi connectivity index (χ1n) is 9.96. The predicted molar refractivity (Wildman–Crippen MR) is 123 cm³/mol. The van der Waals surface area contributed by atoms with E-state index in [1.54, 1.807) is 0 Å². The number of carbonyl (C=O) groups is 2. The van der Waals surface area contributed by atoms with Crippen molar-refractivity contribution in [1.82, 2.24) is 4.31 Å². The van der Waals surface area contributed by atoms with Crippen LogP contribution >= 0.6 is 11.3 Å². The molecule has 0 bridgehead atoms. The minimum absolute atomic E-state index is 0.121. The Bertz CT molecular complexity index is 1280. The van der Waals surface area contributed by atoms with Crippen molar-refractivity contribution >= 4 is 38.9 Å². The van der Waals surface area contributed by atoms with Gasteiger partial charge >= 0.3 is 5.97 Å². The fourth-order valence-corrected chi connectivity index (χ4v) is 5.56. The van der Waals surface area contributed by atoms with Gasteiger partial charge in [-0.25, -0.2) is 17.5 Å². The normalized spacial score (nSPS) is 12.7. The van der Waals surface area contributed by atoms with Crippen LogP contribution in [0.1, 0.15) is 20.8 Å². The lowest BCUT2D eigenvalue weighted by Gasteiger charge is -2.15. The molecule has 0 aliphatic heterocycles. The van der Waals surface area contributed by atoms with Crippen LogP contribution in [-0.4, -0.2) is 45.3 Å². The number of hydrogen-bond donors (Lipinski definition) is 1. The summed E-state index contributed by atoms with van der Waals surface area (Å²) in [4.78, 5) is 26.3. The Morgan fingerprint density at radius 2 is 1.72 bits per heavy atom. The molecular formula is C23H22N2O5S2. The smallest absolute Gasteiger partial charge is 0.348 e. The summed E-state index contributed by atoms with van der Waals surface area (Å²) in [5.41, 5.74) is 3.95. The number of anilines is 1. The van der Waals surface area contributed by atoms with E-state index < -0.39 is 28.5 Å². The number of thiophene rings is 1. The zero-order valence-corrected chi connectivity index (χ0v) is 19.3. The number of rotatable bonds is 6. The summed E-state index contributed by atoms with van der Waals surface area (Å²) in [5.74, 6) is -1.04. The number of aryl methyl sites for hydroxylation is 2. The van der Waals surface area contributed by atoms with Gasteiger partial charge in [-0.3, -0.25) is 4.79 Å². The molecule has 0 spiro atoms. The number of hydrogen-bond acceptors (Lipinski definition) is 6. The van der Waals surface area contributed by atoms with Gasteiger partial charge in [0, 0.05) is 24.7 Å². The number of carbonyl (C=O) groups excluding carboxylic acids is 2. The number of esters is 1. The molecule has 7 nitrogen and oxygen atoms in total. The fourth-order valence-electron chi connectivity index (χ4n) is 3.49. The molecule has 1 N–H and O–H groups in total. The Balaban J connectivity index is 1.36. The lowest BCUT2D eigenvalue weighted by atomic mass is 9.91. The molecule has 0 radical (unpaired) electrons. The topological polar surface area (TPSA) is 92.8 Å². The van der Waals surface area contributed by atoms with Gasteiger partial charge in [-0.2, -0.15) is 0 Å². The van der Waals surface area contributed by atoms with Gasteiger partial charge in [-0.1, -0.05) is 24.3 Å². The highest BCUT2D eigenvalue weighted by Crippen LogP contribution is 2.39. The second-order valence-corrected chi connectivity index (χ2v) is 10.8. The maximum atomic E-state index is 12.5. The second-order valence-electron chi connectivity index (χ2n) is 7.56. The van der Waals surface area contributed by atoms with Gasteiger partial charge in [0.25, 0.3) is 5.91 Å². The molecular weight excluding hydrogens is 448 g/mol. The summed E-state index contributed by atoms with van der Waals surface area (Å²) in [6, 6.07) is 15.8. The van der Waals surface area contributed by atoms with Crippen LogP contribution < -0.4 is 5.32 Å². The largest absolute Gasteiger partial charge is 0.451 e. The lowest BCUT2D eigenvalue weighted by molar-refractivity contribution is -0.119. The van der Waals surface area contributed by atoms with Gasteiger partial charge in [0.1, 0.15) is 4.88 Å². The highest BCUT2D eigenvalue weighted by atomic mass is 32.2. The third kappa shape index (κ3) is 4.45. The molecule has 1 heterocycles. The van der Waals surface area contributed by atoms with Crippen molar-refractivity contribution in [2.75, 3.05) is 26.0 Å². The fraction of sp³-hybridized carbons (Fsp3) is 0.217. The second kappa shape index (κ2) is 8.85. The molecule has 1 aliphatic carbocycles. The van der Waals surface area contributed by atoms with Gasteiger partial charge in [0.05, 0.1) is 4.90 Å². The number of fused-ring (bicyclic) bond motifs is 3. The summed E-state index contributed by atoms with van der Waals surface area (Å²) in [5, 5.41) is 2.60. The standard InChI is InChI=1S/C23H22N2O5S2/c1-25(2)32(28,29)18-11-9-17(10-12-18)24-21(26)14-30-23(27)20-13-16-8-7-15-5-3-4-6-19(15)22(16)31-20/h3-6,9-13H,7-8,14H2,1-2H3,(H,24,26). The Hall–Kier alpha value is -3.01. The van der Waals surface area contributed by atoms with E-state index in [0.29, 0.717) is 10.6 Å². The van der Waals surface area contributed by atoms with Crippen LogP contribution in [-0.2, 0) is 32.4 Å². The van der Waals surface area contributed by atoms with Crippen LogP contribution in [0, 0.1) is 0 Å². The van der Waals surface area contributed by atoms with Crippen LogP contribution in [0.2, 0.25) is 0 Å². The van der Waals surface area contributed by atoms with Gasteiger partial charge in [-0.15, -0.1) is 11.3 Å². The van der Waals surface area contributed by atoms with Crippen LogP contribution in [0.15, 0.2) is 59.5 Å². The number of amides is 1. The van der Waals surface area contributed by atoms with Crippen LogP contribution in [0.3, 0.4) is 0 Å². The van der Waals surface area contributed by atoms with Crippen molar-refractivity contribution in [3.63, 3.8) is 0 Å². The van der Waals surface area contributed by atoms with Crippen LogP contribution in [0.5, 0.6) is 0 Å². The monoisotopic (exact) mass is 470 g/mol. The van der Waals surface area contributed by atoms with E-state index >= 15 is 0 Å². The quantitative estimate of drug-likeness (QED) is 0.556. The lowest BCUT2D eigenvalue weighted by Crippen LogP contribution is -2.22. The molecule has 0 saturated heterocycles. The summed E-state index contributed by atoms with van der Waals surface area (Å²) in [6.07, 6.45) is 1.81. The highest BCUT2D eigenvalue weighted by Gasteiger charge is 2.22. The van der Waals surface area contributed by atoms with Gasteiger partial charge in [0.2, 0.25) is 10.0 Å². The van der Waals surface area contributed by atoms with E-state index in [2.05, 4.69) is 17.4 Å². The van der Waals surface area contributed by atoms with Crippen molar-refractivity contribution in [1.29, 1.82) is 0 Å². The molecule has 166 valence electrons. The average Bonchev–Trinajstić information content (AvgIpc) is 3.23. The minimum atomic E-state index is -3.54. The van der Waals surface area contributed by atoms with E-state index in [4.69, 9.17) is 4.74 Å². The first-order chi connectivity index (χ1) is 15.3. The zero-order valence-electron chi connectivity index (χ0n) is 17.6. The predicted octanol–water partition coefficient (Wildman–Crippen LogP) is 3.56. The van der Waals surface area contributed by atoms with E-state index in [-0.39, 0.29) is 4.90 Å². The molecule has 0 fully saturated rings. The molecule has 9 heteroatoms. The number of ether oxygens (including phenoxy) is 1. The average molecular weight is 471 g/mol. The van der Waals surface area contributed by atoms with E-state index in [9.17, 15) is 18.0 Å². The molecule has 0 saturated carbocycles. The number of benzene rings is 2. The zero-order chi connectivity index (χ0) is 22.9. The van der Waals surface area contributed by atoms with Crippen molar-refractivity contribution < 1.29 is 22.7 Å². The van der Waals surface area contributed by atoms with Crippen molar-refractivity contribution in [2.45, 2.75) is 17.7 Å². The third-order valence-corrected chi connectivity index (χ3v) is 8.21. The first-order valence-corrected chi connectivity index (χ1v) is 12.2. The van der Waals surface area contributed by atoms with E-state index in [1.165, 1.54) is 55.3 Å². The van der Waals surface area contributed by atoms with Crippen molar-refractivity contribution in [2.24, 2.45) is 0 Å². The SMILES string of the molecule is CN(C)S(=O)(=O)c1ccc(NC(=O)COC(=O)c2cc3c(s2)-c2ccccc2CC3)cc1. The van der Waals surface area contributed by atoms with Gasteiger partial charge in [0.15, 0.2) is 6.61 Å². The number of nitrogens with one attached hydrogen (secondary N) is 1. The van der Waals surface area contributed by atoms with E-state index in [1.807, 2.05) is 18.2 Å². The van der Waals surface area contributed by atoms with Crippen LogP contribution in [0.25, 0.3) is 10.4 Å². The number of sulfonamides is 1. The maximum absolute atomic E-state index is 12.5. The van der Waals surface area contributed by atoms with Crippen molar-refractivity contribution in [3.8, 4) is 10.4 Å². The van der Waals surface area contributed by atoms with Gasteiger partial charge in [-0.05, 0) is 59.9 Å². The molecule has 1 amide bonds. The Labute approximate surface area is 190 Å². The first kappa shape index (κ1) is 22.2. The highest BCUT2D eigenvalue weighted by molar-refractivity contribution is 7.89.